The third-order valence-electron chi connectivity index (χ3n) is 5.29. The molecule has 0 fully saturated rings. The number of hydrogen-bond acceptors (Lipinski definition) is 6. The van der Waals surface area contributed by atoms with Gasteiger partial charge in [0.15, 0.2) is 6.61 Å². The van der Waals surface area contributed by atoms with Crippen molar-refractivity contribution in [3.8, 4) is 17.0 Å². The molecule has 0 saturated carbocycles. The number of rotatable bonds is 7. The summed E-state index contributed by atoms with van der Waals surface area (Å²) in [6.45, 7) is 0.0612. The van der Waals surface area contributed by atoms with Gasteiger partial charge in [-0.3, -0.25) is 14.5 Å². The summed E-state index contributed by atoms with van der Waals surface area (Å²) in [6.07, 6.45) is 2.31. The smallest absolute Gasteiger partial charge is 0.265 e. The zero-order chi connectivity index (χ0) is 22.6. The lowest BCUT2D eigenvalue weighted by atomic mass is 10.1. The standard InChI is InChI=1S/C25H21N3O4S/c29-23(26-13-19-7-4-10-31-19)14-28-21-12-18(8-9-22(21)32-15-25(28)30)20-16-33-24(27-20)11-17-5-2-1-3-6-17/h1-10,12,16H,11,13-15H2,(H,26,29). The van der Waals surface area contributed by atoms with Crippen LogP contribution in [-0.4, -0.2) is 29.9 Å². The first-order chi connectivity index (χ1) is 16.2. The molecule has 166 valence electrons. The number of anilines is 1. The van der Waals surface area contributed by atoms with Crippen LogP contribution in [0, 0.1) is 0 Å². The number of amides is 2. The molecule has 0 bridgehead atoms. The molecule has 8 heteroatoms. The van der Waals surface area contributed by atoms with Crippen molar-refractivity contribution in [2.45, 2.75) is 13.0 Å². The first-order valence-electron chi connectivity index (χ1n) is 10.5. The predicted octanol–water partition coefficient (Wildman–Crippen LogP) is 4.04. The number of fused-ring (bicyclic) bond motifs is 1. The first-order valence-corrected chi connectivity index (χ1v) is 11.4. The maximum absolute atomic E-state index is 12.6. The van der Waals surface area contributed by atoms with E-state index in [9.17, 15) is 9.59 Å². The molecule has 5 rings (SSSR count). The molecule has 3 heterocycles. The van der Waals surface area contributed by atoms with Gasteiger partial charge in [-0.15, -0.1) is 11.3 Å². The van der Waals surface area contributed by atoms with Gasteiger partial charge in [0.25, 0.3) is 5.91 Å². The van der Waals surface area contributed by atoms with Gasteiger partial charge in [0.2, 0.25) is 5.91 Å². The van der Waals surface area contributed by atoms with Crippen molar-refractivity contribution in [1.82, 2.24) is 10.3 Å². The number of nitrogens with one attached hydrogen (secondary N) is 1. The minimum Gasteiger partial charge on any atom is -0.482 e. The molecule has 0 aliphatic carbocycles. The van der Waals surface area contributed by atoms with Crippen LogP contribution in [0.2, 0.25) is 0 Å². The number of aromatic nitrogens is 1. The number of benzene rings is 2. The maximum Gasteiger partial charge on any atom is 0.265 e. The average molecular weight is 460 g/mol. The van der Waals surface area contributed by atoms with Gasteiger partial charge in [-0.2, -0.15) is 0 Å². The minimum absolute atomic E-state index is 0.101. The fourth-order valence-electron chi connectivity index (χ4n) is 3.63. The average Bonchev–Trinajstić information content (AvgIpc) is 3.52. The van der Waals surface area contributed by atoms with Crippen LogP contribution < -0.4 is 15.0 Å². The van der Waals surface area contributed by atoms with Crippen molar-refractivity contribution in [1.29, 1.82) is 0 Å². The van der Waals surface area contributed by atoms with Crippen molar-refractivity contribution < 1.29 is 18.7 Å². The monoisotopic (exact) mass is 459 g/mol. The Morgan fingerprint density at radius 1 is 1.12 bits per heavy atom. The van der Waals surface area contributed by atoms with Crippen LogP contribution in [0.25, 0.3) is 11.3 Å². The van der Waals surface area contributed by atoms with E-state index in [0.29, 0.717) is 17.2 Å². The Morgan fingerprint density at radius 3 is 2.82 bits per heavy atom. The quantitative estimate of drug-likeness (QED) is 0.451. The van der Waals surface area contributed by atoms with Crippen molar-refractivity contribution in [2.24, 2.45) is 0 Å². The molecule has 2 aromatic carbocycles. The summed E-state index contributed by atoms with van der Waals surface area (Å²) in [7, 11) is 0. The van der Waals surface area contributed by atoms with Crippen LogP contribution in [0.3, 0.4) is 0 Å². The molecule has 33 heavy (non-hydrogen) atoms. The van der Waals surface area contributed by atoms with Crippen molar-refractivity contribution in [3.05, 3.63) is 88.6 Å². The van der Waals surface area contributed by atoms with Gasteiger partial charge < -0.3 is 14.5 Å². The lowest BCUT2D eigenvalue weighted by Crippen LogP contribution is -2.45. The maximum atomic E-state index is 12.6. The number of ether oxygens (including phenoxy) is 1. The van der Waals surface area contributed by atoms with E-state index in [2.05, 4.69) is 17.4 Å². The zero-order valence-corrected chi connectivity index (χ0v) is 18.5. The Morgan fingerprint density at radius 2 is 2.00 bits per heavy atom. The summed E-state index contributed by atoms with van der Waals surface area (Å²) >= 11 is 1.60. The second-order valence-corrected chi connectivity index (χ2v) is 8.54. The van der Waals surface area contributed by atoms with Crippen LogP contribution in [-0.2, 0) is 22.6 Å². The Labute approximate surface area is 194 Å². The molecule has 1 N–H and O–H groups in total. The van der Waals surface area contributed by atoms with Gasteiger partial charge in [-0.1, -0.05) is 30.3 Å². The van der Waals surface area contributed by atoms with E-state index in [1.165, 1.54) is 10.5 Å². The van der Waals surface area contributed by atoms with Crippen LogP contribution in [0.15, 0.2) is 76.7 Å². The van der Waals surface area contributed by atoms with Crippen LogP contribution in [0.4, 0.5) is 5.69 Å². The van der Waals surface area contributed by atoms with Crippen molar-refractivity contribution in [2.75, 3.05) is 18.1 Å². The first kappa shape index (κ1) is 21.0. The molecular formula is C25H21N3O4S. The third-order valence-corrected chi connectivity index (χ3v) is 6.14. The Hall–Kier alpha value is -3.91. The molecule has 0 saturated heterocycles. The Bertz CT molecular complexity index is 1270. The predicted molar refractivity (Wildman–Crippen MR) is 125 cm³/mol. The Kier molecular flexibility index (Phi) is 5.91. The fourth-order valence-corrected chi connectivity index (χ4v) is 4.47. The fraction of sp³-hybridized carbons (Fsp3) is 0.160. The van der Waals surface area contributed by atoms with E-state index in [1.54, 1.807) is 29.7 Å². The molecule has 1 aliphatic rings. The third kappa shape index (κ3) is 4.80. The Balaban J connectivity index is 1.33. The van der Waals surface area contributed by atoms with Crippen molar-refractivity contribution >= 4 is 28.8 Å². The van der Waals surface area contributed by atoms with Gasteiger partial charge in [0, 0.05) is 17.4 Å². The number of nitrogens with zero attached hydrogens (tertiary/aromatic N) is 2. The highest BCUT2D eigenvalue weighted by Crippen LogP contribution is 2.36. The molecule has 7 nitrogen and oxygen atoms in total. The zero-order valence-electron chi connectivity index (χ0n) is 17.7. The summed E-state index contributed by atoms with van der Waals surface area (Å²) in [6, 6.07) is 19.3. The van der Waals surface area contributed by atoms with Gasteiger partial charge in [-0.05, 0) is 35.9 Å². The lowest BCUT2D eigenvalue weighted by Gasteiger charge is -2.29. The highest BCUT2D eigenvalue weighted by Gasteiger charge is 2.28. The lowest BCUT2D eigenvalue weighted by molar-refractivity contribution is -0.125. The van der Waals surface area contributed by atoms with Crippen LogP contribution in [0.1, 0.15) is 16.3 Å². The summed E-state index contributed by atoms with van der Waals surface area (Å²) in [4.78, 5) is 31.3. The highest BCUT2D eigenvalue weighted by molar-refractivity contribution is 7.10. The van der Waals surface area contributed by atoms with E-state index in [-0.39, 0.29) is 31.5 Å². The minimum atomic E-state index is -0.281. The molecule has 2 aromatic heterocycles. The van der Waals surface area contributed by atoms with Gasteiger partial charge in [0.1, 0.15) is 18.1 Å². The van der Waals surface area contributed by atoms with Gasteiger partial charge in [0.05, 0.1) is 29.2 Å². The van der Waals surface area contributed by atoms with E-state index >= 15 is 0 Å². The number of furan rings is 1. The molecule has 1 aliphatic heterocycles. The molecule has 0 radical (unpaired) electrons. The number of carbonyl (C=O) groups is 2. The number of thiazole rings is 1. The van der Waals surface area contributed by atoms with Crippen LogP contribution in [0.5, 0.6) is 5.75 Å². The second-order valence-electron chi connectivity index (χ2n) is 7.60. The summed E-state index contributed by atoms with van der Waals surface area (Å²) < 4.78 is 10.8. The van der Waals surface area contributed by atoms with Crippen molar-refractivity contribution in [3.63, 3.8) is 0 Å². The second kappa shape index (κ2) is 9.30. The van der Waals surface area contributed by atoms with Crippen LogP contribution >= 0.6 is 11.3 Å². The topological polar surface area (TPSA) is 84.7 Å². The molecule has 2 amide bonds. The van der Waals surface area contributed by atoms with E-state index in [0.717, 1.165) is 22.7 Å². The molecule has 0 atom stereocenters. The van der Waals surface area contributed by atoms with Gasteiger partial charge in [-0.25, -0.2) is 4.98 Å². The SMILES string of the molecule is O=C(CN1C(=O)COc2ccc(-c3csc(Cc4ccccc4)n3)cc21)NCc1ccco1. The summed E-state index contributed by atoms with van der Waals surface area (Å²) in [5.74, 6) is 0.666. The largest absolute Gasteiger partial charge is 0.482 e. The van der Waals surface area contributed by atoms with E-state index in [1.807, 2.05) is 41.8 Å². The molecule has 0 unspecified atom stereocenters. The number of carbonyl (C=O) groups excluding carboxylic acids is 2. The summed E-state index contributed by atoms with van der Waals surface area (Å²) in [5.41, 5.74) is 3.46. The molecule has 0 spiro atoms. The highest BCUT2D eigenvalue weighted by atomic mass is 32.1. The van der Waals surface area contributed by atoms with E-state index < -0.39 is 0 Å². The number of hydrogen-bond donors (Lipinski definition) is 1. The molecular weight excluding hydrogens is 438 g/mol. The van der Waals surface area contributed by atoms with Gasteiger partial charge >= 0.3 is 0 Å². The summed E-state index contributed by atoms with van der Waals surface area (Å²) in [5, 5.41) is 5.79. The van der Waals surface area contributed by atoms with E-state index in [4.69, 9.17) is 14.1 Å². The normalized spacial score (nSPS) is 12.8. The molecule has 4 aromatic rings.